The van der Waals surface area contributed by atoms with Gasteiger partial charge in [0.25, 0.3) is 5.91 Å². The van der Waals surface area contributed by atoms with Crippen LogP contribution in [0.5, 0.6) is 0 Å². The molecule has 1 aliphatic rings. The van der Waals surface area contributed by atoms with Crippen molar-refractivity contribution in [2.45, 2.75) is 39.0 Å². The molecule has 36 heavy (non-hydrogen) atoms. The van der Waals surface area contributed by atoms with E-state index in [2.05, 4.69) is 25.3 Å². The summed E-state index contributed by atoms with van der Waals surface area (Å²) in [5.41, 5.74) is -0.00705. The van der Waals surface area contributed by atoms with Gasteiger partial charge in [0.15, 0.2) is 0 Å². The van der Waals surface area contributed by atoms with Crippen LogP contribution < -0.4 is 5.32 Å². The summed E-state index contributed by atoms with van der Waals surface area (Å²) < 4.78 is 39.6. The predicted molar refractivity (Wildman–Crippen MR) is 125 cm³/mol. The Morgan fingerprint density at radius 1 is 1.31 bits per heavy atom. The second-order valence-corrected chi connectivity index (χ2v) is 9.23. The molecule has 0 saturated carbocycles. The van der Waals surface area contributed by atoms with Gasteiger partial charge >= 0.3 is 6.18 Å². The molecule has 4 rings (SSSR count). The third-order valence-electron chi connectivity index (χ3n) is 6.38. The van der Waals surface area contributed by atoms with Crippen molar-refractivity contribution in [1.29, 1.82) is 5.26 Å². The zero-order valence-corrected chi connectivity index (χ0v) is 19.8. The molecule has 190 valence electrons. The van der Waals surface area contributed by atoms with E-state index in [9.17, 15) is 28.3 Å². The number of carbonyl (C=O) groups is 1. The number of pyridine rings is 1. The fraction of sp³-hybridized carbons (Fsp3) is 0.458. The quantitative estimate of drug-likeness (QED) is 0.471. The highest BCUT2D eigenvalue weighted by molar-refractivity contribution is 5.94. The third kappa shape index (κ3) is 5.26. The molecule has 0 radical (unpaired) electrons. The van der Waals surface area contributed by atoms with E-state index in [1.165, 1.54) is 12.4 Å². The first-order valence-corrected chi connectivity index (χ1v) is 11.6. The molecule has 0 aliphatic carbocycles. The van der Waals surface area contributed by atoms with Crippen molar-refractivity contribution in [1.82, 2.24) is 24.8 Å². The van der Waals surface area contributed by atoms with Crippen LogP contribution >= 0.6 is 0 Å². The maximum absolute atomic E-state index is 13.2. The predicted octanol–water partition coefficient (Wildman–Crippen LogP) is 3.58. The Bertz CT molecular complexity index is 1290. The number of halogens is 3. The van der Waals surface area contributed by atoms with Crippen LogP contribution in [0.3, 0.4) is 0 Å². The molecular formula is C24H26F3N7O2. The van der Waals surface area contributed by atoms with E-state index in [0.717, 1.165) is 25.1 Å². The molecule has 1 aliphatic heterocycles. The van der Waals surface area contributed by atoms with E-state index >= 15 is 0 Å². The number of alkyl halides is 3. The number of piperidine rings is 1. The number of likely N-dealkylation sites (tertiary alicyclic amines) is 1. The molecule has 0 unspecified atom stereocenters. The monoisotopic (exact) mass is 501 g/mol. The summed E-state index contributed by atoms with van der Waals surface area (Å²) in [4.78, 5) is 29.3. The number of amides is 1. The van der Waals surface area contributed by atoms with Gasteiger partial charge in [-0.05, 0) is 30.7 Å². The van der Waals surface area contributed by atoms with Gasteiger partial charge in [-0.3, -0.25) is 4.79 Å². The van der Waals surface area contributed by atoms with Crippen LogP contribution in [0.2, 0.25) is 0 Å². The Morgan fingerprint density at radius 3 is 2.67 bits per heavy atom. The number of aliphatic hydroxyl groups is 1. The van der Waals surface area contributed by atoms with Gasteiger partial charge in [-0.2, -0.15) is 18.4 Å². The van der Waals surface area contributed by atoms with E-state index in [1.54, 1.807) is 18.7 Å². The smallest absolute Gasteiger partial charge is 0.383 e. The van der Waals surface area contributed by atoms with Crippen LogP contribution in [0, 0.1) is 23.2 Å². The van der Waals surface area contributed by atoms with Crippen molar-refractivity contribution >= 4 is 22.9 Å². The number of nitrogens with zero attached hydrogens (tertiary/aromatic N) is 5. The number of H-pyrrole nitrogens is 1. The molecule has 0 spiro atoms. The van der Waals surface area contributed by atoms with Crippen LogP contribution in [-0.4, -0.2) is 61.6 Å². The molecule has 12 heteroatoms. The Hall–Kier alpha value is -3.72. The summed E-state index contributed by atoms with van der Waals surface area (Å²) in [7, 11) is 0. The number of nitrogens with one attached hydrogen (secondary N) is 2. The fourth-order valence-electron chi connectivity index (χ4n) is 4.17. The minimum atomic E-state index is -4.56. The van der Waals surface area contributed by atoms with Gasteiger partial charge in [-0.1, -0.05) is 13.8 Å². The zero-order chi connectivity index (χ0) is 26.0. The van der Waals surface area contributed by atoms with Crippen LogP contribution in [0.15, 0.2) is 24.7 Å². The SMILES string of the molecule is CC(C)[C@@H](O)C(=O)N1CCC(CNc2ncc(C#N)c(-c3c[nH]c4ncc(C(F)(F)F)cc34)n2)CC1. The lowest BCUT2D eigenvalue weighted by Gasteiger charge is -2.34. The largest absolute Gasteiger partial charge is 0.417 e. The molecule has 1 amide bonds. The highest BCUT2D eigenvalue weighted by Gasteiger charge is 2.32. The van der Waals surface area contributed by atoms with Gasteiger partial charge in [0, 0.05) is 43.0 Å². The lowest BCUT2D eigenvalue weighted by Crippen LogP contribution is -2.46. The number of hydrogen-bond acceptors (Lipinski definition) is 7. The van der Waals surface area contributed by atoms with Crippen LogP contribution in [-0.2, 0) is 11.0 Å². The van der Waals surface area contributed by atoms with E-state index in [0.29, 0.717) is 25.2 Å². The number of hydrogen-bond donors (Lipinski definition) is 3. The second-order valence-electron chi connectivity index (χ2n) is 9.23. The normalized spacial score (nSPS) is 15.8. The Morgan fingerprint density at radius 2 is 2.03 bits per heavy atom. The van der Waals surface area contributed by atoms with Crippen LogP contribution in [0.25, 0.3) is 22.3 Å². The van der Waals surface area contributed by atoms with E-state index in [1.807, 2.05) is 6.07 Å². The van der Waals surface area contributed by atoms with Crippen molar-refractivity contribution in [2.24, 2.45) is 11.8 Å². The van der Waals surface area contributed by atoms with Crippen molar-refractivity contribution in [3.8, 4) is 17.3 Å². The highest BCUT2D eigenvalue weighted by atomic mass is 19.4. The van der Waals surface area contributed by atoms with E-state index < -0.39 is 17.8 Å². The average Bonchev–Trinajstić information content (AvgIpc) is 3.29. The molecule has 9 nitrogen and oxygen atoms in total. The number of anilines is 1. The molecule has 0 bridgehead atoms. The minimum absolute atomic E-state index is 0.120. The van der Waals surface area contributed by atoms with Crippen LogP contribution in [0.4, 0.5) is 19.1 Å². The van der Waals surface area contributed by atoms with E-state index in [4.69, 9.17) is 0 Å². The fourth-order valence-corrected chi connectivity index (χ4v) is 4.17. The number of fused-ring (bicyclic) bond motifs is 1. The van der Waals surface area contributed by atoms with Crippen molar-refractivity contribution < 1.29 is 23.1 Å². The topological polar surface area (TPSA) is 131 Å². The van der Waals surface area contributed by atoms with Crippen molar-refractivity contribution in [3.05, 3.63) is 35.8 Å². The Balaban J connectivity index is 1.48. The van der Waals surface area contributed by atoms with Gasteiger partial charge < -0.3 is 20.3 Å². The number of aromatic nitrogens is 4. The molecular weight excluding hydrogens is 475 g/mol. The Kier molecular flexibility index (Phi) is 7.12. The molecule has 1 saturated heterocycles. The number of carbonyl (C=O) groups excluding carboxylic acids is 1. The maximum Gasteiger partial charge on any atom is 0.417 e. The van der Waals surface area contributed by atoms with Crippen LogP contribution in [0.1, 0.15) is 37.8 Å². The van der Waals surface area contributed by atoms with Gasteiger partial charge in [-0.25, -0.2) is 15.0 Å². The maximum atomic E-state index is 13.2. The first-order valence-electron chi connectivity index (χ1n) is 11.6. The summed E-state index contributed by atoms with van der Waals surface area (Å²) in [6.07, 6.45) is -0.524. The first-order chi connectivity index (χ1) is 17.1. The molecule has 3 N–H and O–H groups in total. The third-order valence-corrected chi connectivity index (χ3v) is 6.38. The van der Waals surface area contributed by atoms with Gasteiger partial charge in [0.2, 0.25) is 5.95 Å². The van der Waals surface area contributed by atoms with E-state index in [-0.39, 0.29) is 46.0 Å². The summed E-state index contributed by atoms with van der Waals surface area (Å²) >= 11 is 0. The summed E-state index contributed by atoms with van der Waals surface area (Å²) in [5.74, 6) is 0.0811. The molecule has 1 fully saturated rings. The molecule has 1 atom stereocenters. The standard InChI is InChI=1S/C24H26F3N7O2/c1-13(2)20(35)22(36)34-5-3-14(4-6-34)9-31-23-32-10-15(8-28)19(33-23)18-12-30-21-17(18)7-16(11-29-21)24(25,26)27/h7,10-14,20,35H,3-6,9H2,1-2H3,(H,29,30)(H,31,32,33)/t20-/m1/s1. The summed E-state index contributed by atoms with van der Waals surface area (Å²) in [5, 5.41) is 22.9. The lowest BCUT2D eigenvalue weighted by molar-refractivity contribution is -0.143. The van der Waals surface area contributed by atoms with Crippen molar-refractivity contribution in [2.75, 3.05) is 25.0 Å². The zero-order valence-electron chi connectivity index (χ0n) is 19.8. The Labute approximate surface area is 205 Å². The van der Waals surface area contributed by atoms with Gasteiger partial charge in [0.1, 0.15) is 17.8 Å². The average molecular weight is 502 g/mol. The molecule has 4 heterocycles. The van der Waals surface area contributed by atoms with Gasteiger partial charge in [-0.15, -0.1) is 0 Å². The number of aromatic amines is 1. The lowest BCUT2D eigenvalue weighted by atomic mass is 9.95. The molecule has 3 aromatic heterocycles. The summed E-state index contributed by atoms with van der Waals surface area (Å²) in [6, 6.07) is 2.97. The number of aliphatic hydroxyl groups excluding tert-OH is 1. The second kappa shape index (κ2) is 10.1. The van der Waals surface area contributed by atoms with Crippen molar-refractivity contribution in [3.63, 3.8) is 0 Å². The minimum Gasteiger partial charge on any atom is -0.383 e. The number of nitriles is 1. The van der Waals surface area contributed by atoms with Gasteiger partial charge in [0.05, 0.1) is 23.0 Å². The first kappa shape index (κ1) is 25.4. The molecule has 0 aromatic carbocycles. The molecule has 3 aromatic rings. The number of rotatable bonds is 6. The highest BCUT2D eigenvalue weighted by Crippen LogP contribution is 2.34. The summed E-state index contributed by atoms with van der Waals surface area (Å²) in [6.45, 7) is 5.20.